The fourth-order valence-electron chi connectivity index (χ4n) is 0.846. The molecule has 1 aliphatic heterocycles. The minimum Gasteiger partial charge on any atom is -0.364 e. The smallest absolute Gasteiger partial charge is 0.248 e. The lowest BCUT2D eigenvalue weighted by Gasteiger charge is -2.24. The summed E-state index contributed by atoms with van der Waals surface area (Å²) in [6, 6.07) is 0. The van der Waals surface area contributed by atoms with Gasteiger partial charge in [0.25, 0.3) is 0 Å². The Kier molecular flexibility index (Phi) is 1.71. The molecule has 1 unspecified atom stereocenters. The van der Waals surface area contributed by atoms with Crippen LogP contribution in [-0.4, -0.2) is 24.7 Å². The van der Waals surface area contributed by atoms with Crippen molar-refractivity contribution in [3.05, 3.63) is 0 Å². The second-order valence-electron chi connectivity index (χ2n) is 2.33. The van der Waals surface area contributed by atoms with Gasteiger partial charge in [-0.05, 0) is 13.8 Å². The predicted molar refractivity (Wildman–Crippen MR) is 33.0 cm³/mol. The largest absolute Gasteiger partial charge is 0.364 e. The highest BCUT2D eigenvalue weighted by molar-refractivity contribution is 5.80. The Hall–Kier alpha value is -0.570. The Balaban J connectivity index is 2.44. The van der Waals surface area contributed by atoms with E-state index in [1.807, 2.05) is 6.92 Å². The number of hydrogen-bond donors (Lipinski definition) is 1. The molecule has 9 heavy (non-hydrogen) atoms. The van der Waals surface area contributed by atoms with Crippen LogP contribution in [0.2, 0.25) is 0 Å². The molecule has 0 aromatic heterocycles. The van der Waals surface area contributed by atoms with Crippen molar-refractivity contribution in [2.24, 2.45) is 0 Å². The Morgan fingerprint density at radius 1 is 1.67 bits per heavy atom. The van der Waals surface area contributed by atoms with Crippen molar-refractivity contribution < 1.29 is 9.53 Å². The third kappa shape index (κ3) is 1.42. The van der Waals surface area contributed by atoms with Crippen molar-refractivity contribution in [2.75, 3.05) is 6.54 Å². The second kappa shape index (κ2) is 2.35. The lowest BCUT2D eigenvalue weighted by Crippen LogP contribution is -2.46. The summed E-state index contributed by atoms with van der Waals surface area (Å²) in [5.74, 6) is -0.00639. The van der Waals surface area contributed by atoms with E-state index in [-0.39, 0.29) is 18.1 Å². The summed E-state index contributed by atoms with van der Waals surface area (Å²) >= 11 is 0. The summed E-state index contributed by atoms with van der Waals surface area (Å²) in [6.07, 6.45) is -0.105. The van der Waals surface area contributed by atoms with E-state index in [2.05, 4.69) is 5.32 Å². The van der Waals surface area contributed by atoms with E-state index in [9.17, 15) is 4.79 Å². The molecule has 0 aliphatic carbocycles. The second-order valence-corrected chi connectivity index (χ2v) is 2.33. The topological polar surface area (TPSA) is 38.3 Å². The SMILES string of the molecule is CC1O[C@@H](C)CNC1=O. The van der Waals surface area contributed by atoms with Crippen molar-refractivity contribution in [1.29, 1.82) is 0 Å². The van der Waals surface area contributed by atoms with Crippen LogP contribution in [0, 0.1) is 0 Å². The van der Waals surface area contributed by atoms with Crippen molar-refractivity contribution in [3.63, 3.8) is 0 Å². The quantitative estimate of drug-likeness (QED) is 0.496. The highest BCUT2D eigenvalue weighted by Gasteiger charge is 2.21. The van der Waals surface area contributed by atoms with E-state index in [0.29, 0.717) is 6.54 Å². The van der Waals surface area contributed by atoms with E-state index in [4.69, 9.17) is 4.74 Å². The first-order chi connectivity index (χ1) is 4.20. The van der Waals surface area contributed by atoms with Crippen LogP contribution >= 0.6 is 0 Å². The maximum absolute atomic E-state index is 10.7. The first-order valence-electron chi connectivity index (χ1n) is 3.13. The third-order valence-electron chi connectivity index (χ3n) is 1.37. The number of carbonyl (C=O) groups is 1. The molecule has 1 N–H and O–H groups in total. The molecule has 3 nitrogen and oxygen atoms in total. The minimum atomic E-state index is -0.270. The minimum absolute atomic E-state index is 0.00639. The van der Waals surface area contributed by atoms with Crippen LogP contribution in [0.5, 0.6) is 0 Å². The van der Waals surface area contributed by atoms with Gasteiger partial charge in [-0.1, -0.05) is 0 Å². The molecule has 0 aromatic rings. The molecule has 52 valence electrons. The number of nitrogens with one attached hydrogen (secondary N) is 1. The van der Waals surface area contributed by atoms with Crippen molar-refractivity contribution in [3.8, 4) is 0 Å². The number of rotatable bonds is 0. The number of morpholine rings is 1. The average molecular weight is 129 g/mol. The highest BCUT2D eigenvalue weighted by Crippen LogP contribution is 2.01. The lowest BCUT2D eigenvalue weighted by atomic mass is 10.3. The Morgan fingerprint density at radius 2 is 2.33 bits per heavy atom. The zero-order valence-electron chi connectivity index (χ0n) is 5.68. The van der Waals surface area contributed by atoms with Gasteiger partial charge in [0.1, 0.15) is 6.10 Å². The van der Waals surface area contributed by atoms with E-state index >= 15 is 0 Å². The maximum atomic E-state index is 10.7. The molecule has 1 fully saturated rings. The van der Waals surface area contributed by atoms with Crippen LogP contribution < -0.4 is 5.32 Å². The van der Waals surface area contributed by atoms with Crippen molar-refractivity contribution in [2.45, 2.75) is 26.1 Å². The van der Waals surface area contributed by atoms with Crippen LogP contribution in [0.4, 0.5) is 0 Å². The fourth-order valence-corrected chi connectivity index (χ4v) is 0.846. The van der Waals surface area contributed by atoms with Crippen molar-refractivity contribution >= 4 is 5.91 Å². The van der Waals surface area contributed by atoms with Gasteiger partial charge in [0, 0.05) is 6.54 Å². The van der Waals surface area contributed by atoms with Crippen LogP contribution in [0.25, 0.3) is 0 Å². The number of hydrogen-bond acceptors (Lipinski definition) is 2. The van der Waals surface area contributed by atoms with E-state index in [1.54, 1.807) is 6.92 Å². The molecule has 0 saturated carbocycles. The predicted octanol–water partition coefficient (Wildman–Crippen LogP) is -0.0902. The van der Waals surface area contributed by atoms with Crippen molar-refractivity contribution in [1.82, 2.24) is 5.32 Å². The molecule has 0 spiro atoms. The number of carbonyl (C=O) groups excluding carboxylic acids is 1. The first kappa shape index (κ1) is 6.55. The van der Waals surface area contributed by atoms with Crippen LogP contribution in [0.15, 0.2) is 0 Å². The molecule has 1 rings (SSSR count). The van der Waals surface area contributed by atoms with Gasteiger partial charge in [0.15, 0.2) is 0 Å². The molecule has 1 amide bonds. The molecule has 2 atom stereocenters. The van der Waals surface area contributed by atoms with Gasteiger partial charge in [0.05, 0.1) is 6.10 Å². The summed E-state index contributed by atoms with van der Waals surface area (Å²) in [7, 11) is 0. The summed E-state index contributed by atoms with van der Waals surface area (Å²) in [6.45, 7) is 4.34. The summed E-state index contributed by atoms with van der Waals surface area (Å²) in [5.41, 5.74) is 0. The number of amides is 1. The Bertz CT molecular complexity index is 124. The molecule has 1 heterocycles. The maximum Gasteiger partial charge on any atom is 0.248 e. The summed E-state index contributed by atoms with van der Waals surface area (Å²) < 4.78 is 5.19. The Morgan fingerprint density at radius 3 is 2.78 bits per heavy atom. The first-order valence-corrected chi connectivity index (χ1v) is 3.13. The average Bonchev–Trinajstić information content (AvgIpc) is 1.80. The molecular weight excluding hydrogens is 118 g/mol. The van der Waals surface area contributed by atoms with E-state index in [1.165, 1.54) is 0 Å². The van der Waals surface area contributed by atoms with Gasteiger partial charge in [-0.2, -0.15) is 0 Å². The van der Waals surface area contributed by atoms with Crippen LogP contribution in [0.3, 0.4) is 0 Å². The molecule has 0 radical (unpaired) electrons. The summed E-state index contributed by atoms with van der Waals surface area (Å²) in [5, 5.41) is 2.72. The normalized spacial score (nSPS) is 36.0. The van der Waals surface area contributed by atoms with Crippen LogP contribution in [-0.2, 0) is 9.53 Å². The van der Waals surface area contributed by atoms with Gasteiger partial charge in [-0.15, -0.1) is 0 Å². The van der Waals surface area contributed by atoms with Gasteiger partial charge < -0.3 is 10.1 Å². The lowest BCUT2D eigenvalue weighted by molar-refractivity contribution is -0.141. The van der Waals surface area contributed by atoms with E-state index < -0.39 is 0 Å². The molecule has 0 aromatic carbocycles. The zero-order chi connectivity index (χ0) is 6.85. The van der Waals surface area contributed by atoms with Gasteiger partial charge in [-0.25, -0.2) is 0 Å². The molecule has 1 saturated heterocycles. The van der Waals surface area contributed by atoms with Crippen LogP contribution in [0.1, 0.15) is 13.8 Å². The molecule has 1 aliphatic rings. The summed E-state index contributed by atoms with van der Waals surface area (Å²) in [4.78, 5) is 10.7. The third-order valence-corrected chi connectivity index (χ3v) is 1.37. The molecular formula is C6H11NO2. The molecule has 3 heteroatoms. The zero-order valence-corrected chi connectivity index (χ0v) is 5.68. The van der Waals surface area contributed by atoms with Gasteiger partial charge in [0.2, 0.25) is 5.91 Å². The van der Waals surface area contributed by atoms with Gasteiger partial charge in [-0.3, -0.25) is 4.79 Å². The highest BCUT2D eigenvalue weighted by atomic mass is 16.5. The fraction of sp³-hybridized carbons (Fsp3) is 0.833. The Labute approximate surface area is 54.4 Å². The van der Waals surface area contributed by atoms with E-state index in [0.717, 1.165) is 0 Å². The standard InChI is InChI=1S/C6H11NO2/c1-4-3-7-6(8)5(2)9-4/h4-5H,3H2,1-2H3,(H,7,8)/t4-,5?/m0/s1. The number of ether oxygens (including phenoxy) is 1. The van der Waals surface area contributed by atoms with Gasteiger partial charge >= 0.3 is 0 Å². The molecule has 0 bridgehead atoms. The monoisotopic (exact) mass is 129 g/mol.